The van der Waals surface area contributed by atoms with E-state index in [1.165, 1.54) is 28.8 Å². The average Bonchev–Trinajstić information content (AvgIpc) is 2.90. The van der Waals surface area contributed by atoms with E-state index in [1.807, 2.05) is 0 Å². The Kier molecular flexibility index (Phi) is 3.92. The maximum Gasteiger partial charge on any atom is 0.335 e. The van der Waals surface area contributed by atoms with Crippen molar-refractivity contribution in [2.75, 3.05) is 0 Å². The standard InChI is InChI=1S/C18H15NO6/c1-9-7-13-15(17(22)19(9)2)12(8-14(20)21)16(25-13)10-3-5-11(6-4-10)18(23)24/h3-7H,8H2,1-2H3,(H,20,21)(H,23,24). The summed E-state index contributed by atoms with van der Waals surface area (Å²) in [6, 6.07) is 7.54. The topological polar surface area (TPSA) is 110 Å². The number of carbonyl (C=O) groups is 2. The van der Waals surface area contributed by atoms with E-state index in [1.54, 1.807) is 20.0 Å². The van der Waals surface area contributed by atoms with Gasteiger partial charge in [-0.25, -0.2) is 4.79 Å². The first-order valence-corrected chi connectivity index (χ1v) is 7.47. The van der Waals surface area contributed by atoms with E-state index in [-0.39, 0.29) is 34.3 Å². The van der Waals surface area contributed by atoms with Gasteiger partial charge in [-0.1, -0.05) is 12.1 Å². The molecule has 7 nitrogen and oxygen atoms in total. The van der Waals surface area contributed by atoms with Crippen LogP contribution in [-0.2, 0) is 18.3 Å². The summed E-state index contributed by atoms with van der Waals surface area (Å²) in [7, 11) is 1.61. The number of pyridine rings is 1. The lowest BCUT2D eigenvalue weighted by Gasteiger charge is -2.03. The van der Waals surface area contributed by atoms with Crippen molar-refractivity contribution in [3.05, 3.63) is 57.5 Å². The molecule has 0 amide bonds. The third-order valence-electron chi connectivity index (χ3n) is 4.14. The van der Waals surface area contributed by atoms with Crippen molar-refractivity contribution in [2.45, 2.75) is 13.3 Å². The van der Waals surface area contributed by atoms with Crippen LogP contribution in [0, 0.1) is 6.92 Å². The number of aromatic carboxylic acids is 1. The molecule has 0 aliphatic heterocycles. The largest absolute Gasteiger partial charge is 0.481 e. The Morgan fingerprint density at radius 3 is 2.36 bits per heavy atom. The Morgan fingerprint density at radius 2 is 1.80 bits per heavy atom. The molecular formula is C18H15NO6. The van der Waals surface area contributed by atoms with E-state index in [9.17, 15) is 19.5 Å². The average molecular weight is 341 g/mol. The zero-order chi connectivity index (χ0) is 18.3. The first-order valence-electron chi connectivity index (χ1n) is 7.47. The predicted molar refractivity (Wildman–Crippen MR) is 89.9 cm³/mol. The Hall–Kier alpha value is -3.35. The molecule has 0 saturated heterocycles. The Bertz CT molecular complexity index is 1060. The van der Waals surface area contributed by atoms with Gasteiger partial charge in [0.25, 0.3) is 5.56 Å². The molecule has 2 heterocycles. The molecule has 0 aliphatic carbocycles. The van der Waals surface area contributed by atoms with Gasteiger partial charge in [0.15, 0.2) is 0 Å². The van der Waals surface area contributed by atoms with Gasteiger partial charge in [-0.3, -0.25) is 9.59 Å². The second-order valence-corrected chi connectivity index (χ2v) is 5.75. The molecule has 0 spiro atoms. The summed E-state index contributed by atoms with van der Waals surface area (Å²) in [5.41, 5.74) is 1.56. The van der Waals surface area contributed by atoms with Crippen molar-refractivity contribution in [1.29, 1.82) is 0 Å². The second-order valence-electron chi connectivity index (χ2n) is 5.75. The normalized spacial score (nSPS) is 11.0. The number of benzene rings is 1. The zero-order valence-electron chi connectivity index (χ0n) is 13.6. The molecule has 0 unspecified atom stereocenters. The van der Waals surface area contributed by atoms with Crippen LogP contribution in [0.4, 0.5) is 0 Å². The molecule has 0 saturated carbocycles. The minimum atomic E-state index is -1.09. The van der Waals surface area contributed by atoms with Crippen molar-refractivity contribution in [2.24, 2.45) is 7.05 Å². The third-order valence-corrected chi connectivity index (χ3v) is 4.14. The molecular weight excluding hydrogens is 326 g/mol. The fourth-order valence-electron chi connectivity index (χ4n) is 2.75. The fourth-order valence-corrected chi connectivity index (χ4v) is 2.75. The van der Waals surface area contributed by atoms with Gasteiger partial charge in [0.05, 0.1) is 17.4 Å². The highest BCUT2D eigenvalue weighted by Crippen LogP contribution is 2.33. The van der Waals surface area contributed by atoms with Gasteiger partial charge in [0.2, 0.25) is 0 Å². The summed E-state index contributed by atoms with van der Waals surface area (Å²) >= 11 is 0. The summed E-state index contributed by atoms with van der Waals surface area (Å²) in [5, 5.41) is 18.4. The highest BCUT2D eigenvalue weighted by atomic mass is 16.4. The van der Waals surface area contributed by atoms with Crippen LogP contribution < -0.4 is 5.56 Å². The van der Waals surface area contributed by atoms with E-state index in [0.717, 1.165) is 0 Å². The van der Waals surface area contributed by atoms with Gasteiger partial charge < -0.3 is 19.2 Å². The molecule has 0 fully saturated rings. The second kappa shape index (κ2) is 5.94. The number of aromatic nitrogens is 1. The first kappa shape index (κ1) is 16.5. The zero-order valence-corrected chi connectivity index (χ0v) is 13.6. The van der Waals surface area contributed by atoms with Crippen molar-refractivity contribution in [1.82, 2.24) is 4.57 Å². The molecule has 25 heavy (non-hydrogen) atoms. The highest BCUT2D eigenvalue weighted by Gasteiger charge is 2.22. The number of rotatable bonds is 4. The van der Waals surface area contributed by atoms with Crippen molar-refractivity contribution < 1.29 is 24.2 Å². The van der Waals surface area contributed by atoms with Crippen LogP contribution >= 0.6 is 0 Å². The summed E-state index contributed by atoms with van der Waals surface area (Å²) in [6.07, 6.45) is -0.374. The number of carboxylic acid groups (broad SMARTS) is 2. The maximum absolute atomic E-state index is 12.6. The molecule has 0 radical (unpaired) electrons. The Morgan fingerprint density at radius 1 is 1.16 bits per heavy atom. The minimum Gasteiger partial charge on any atom is -0.481 e. The van der Waals surface area contributed by atoms with Crippen LogP contribution in [0.3, 0.4) is 0 Å². The number of furan rings is 1. The fraction of sp³-hybridized carbons (Fsp3) is 0.167. The number of hydrogen-bond acceptors (Lipinski definition) is 4. The van der Waals surface area contributed by atoms with E-state index >= 15 is 0 Å². The van der Waals surface area contributed by atoms with Crippen molar-refractivity contribution in [3.8, 4) is 11.3 Å². The number of aliphatic carboxylic acids is 1. The van der Waals surface area contributed by atoms with Crippen LogP contribution in [0.15, 0.2) is 39.5 Å². The molecule has 0 aliphatic rings. The van der Waals surface area contributed by atoms with Crippen LogP contribution in [0.1, 0.15) is 21.6 Å². The lowest BCUT2D eigenvalue weighted by Crippen LogP contribution is -2.19. The van der Waals surface area contributed by atoms with Gasteiger partial charge in [0, 0.05) is 29.9 Å². The Labute approximate surface area is 141 Å². The number of nitrogens with zero attached hydrogens (tertiary/aromatic N) is 1. The van der Waals surface area contributed by atoms with E-state index in [2.05, 4.69) is 0 Å². The SMILES string of the molecule is Cc1cc2oc(-c3ccc(C(=O)O)cc3)c(CC(=O)O)c2c(=O)n1C. The molecule has 3 rings (SSSR count). The van der Waals surface area contributed by atoms with Gasteiger partial charge in [-0.05, 0) is 19.1 Å². The minimum absolute atomic E-state index is 0.103. The monoisotopic (exact) mass is 341 g/mol. The van der Waals surface area contributed by atoms with Crippen LogP contribution in [0.2, 0.25) is 0 Å². The van der Waals surface area contributed by atoms with Crippen molar-refractivity contribution in [3.63, 3.8) is 0 Å². The lowest BCUT2D eigenvalue weighted by molar-refractivity contribution is -0.136. The molecule has 3 aromatic rings. The Balaban J connectivity index is 2.30. The number of fused-ring (bicyclic) bond motifs is 1. The molecule has 128 valence electrons. The predicted octanol–water partition coefficient (Wildman–Crippen LogP) is 2.43. The molecule has 0 bridgehead atoms. The molecule has 1 aromatic carbocycles. The highest BCUT2D eigenvalue weighted by molar-refractivity contribution is 5.92. The number of carboxylic acids is 2. The smallest absolute Gasteiger partial charge is 0.335 e. The number of hydrogen-bond donors (Lipinski definition) is 2. The van der Waals surface area contributed by atoms with Crippen molar-refractivity contribution >= 4 is 22.9 Å². The van der Waals surface area contributed by atoms with Gasteiger partial charge in [-0.15, -0.1) is 0 Å². The molecule has 2 N–H and O–H groups in total. The molecule has 2 aromatic heterocycles. The van der Waals surface area contributed by atoms with Gasteiger partial charge >= 0.3 is 11.9 Å². The molecule has 7 heteroatoms. The van der Waals surface area contributed by atoms with E-state index < -0.39 is 11.9 Å². The number of aryl methyl sites for hydroxylation is 1. The summed E-state index contributed by atoms with van der Waals surface area (Å²) in [5.74, 6) is -1.89. The summed E-state index contributed by atoms with van der Waals surface area (Å²) in [4.78, 5) is 34.8. The quantitative estimate of drug-likeness (QED) is 0.754. The molecule has 0 atom stereocenters. The summed E-state index contributed by atoms with van der Waals surface area (Å²) in [6.45, 7) is 1.75. The van der Waals surface area contributed by atoms with E-state index in [0.29, 0.717) is 16.8 Å². The first-order chi connectivity index (χ1) is 11.8. The lowest BCUT2D eigenvalue weighted by atomic mass is 10.0. The van der Waals surface area contributed by atoms with E-state index in [4.69, 9.17) is 9.52 Å². The maximum atomic E-state index is 12.6. The van der Waals surface area contributed by atoms with Gasteiger partial charge in [0.1, 0.15) is 11.3 Å². The van der Waals surface area contributed by atoms with Crippen LogP contribution in [0.25, 0.3) is 22.3 Å². The summed E-state index contributed by atoms with van der Waals surface area (Å²) < 4.78 is 7.21. The van der Waals surface area contributed by atoms with Crippen LogP contribution in [0.5, 0.6) is 0 Å². The third kappa shape index (κ3) is 2.80. The van der Waals surface area contributed by atoms with Crippen LogP contribution in [-0.4, -0.2) is 26.7 Å². The van der Waals surface area contributed by atoms with Gasteiger partial charge in [-0.2, -0.15) is 0 Å².